The van der Waals surface area contributed by atoms with Gasteiger partial charge >= 0.3 is 0 Å². The molecule has 1 atom stereocenters. The van der Waals surface area contributed by atoms with Crippen LogP contribution in [0.5, 0.6) is 0 Å². The fraction of sp³-hybridized carbons (Fsp3) is 0.588. The summed E-state index contributed by atoms with van der Waals surface area (Å²) in [6, 6.07) is 7.72. The van der Waals surface area contributed by atoms with Crippen molar-refractivity contribution in [1.29, 1.82) is 0 Å². The SMILES string of the molecule is CC(C)Cc1ccc(C(C)C(=O)NS(=O)(=O)CC(C)(C)N)cc1. The summed E-state index contributed by atoms with van der Waals surface area (Å²) in [6.07, 6.45) is 0.973. The quantitative estimate of drug-likeness (QED) is 0.796. The first-order chi connectivity index (χ1) is 10.4. The van der Waals surface area contributed by atoms with Crippen LogP contribution < -0.4 is 10.5 Å². The molecule has 0 radical (unpaired) electrons. The molecule has 130 valence electrons. The van der Waals surface area contributed by atoms with E-state index in [9.17, 15) is 13.2 Å². The first-order valence-electron chi connectivity index (χ1n) is 7.82. The third-order valence-electron chi connectivity index (χ3n) is 3.34. The molecule has 0 aromatic heterocycles. The van der Waals surface area contributed by atoms with E-state index >= 15 is 0 Å². The van der Waals surface area contributed by atoms with Crippen LogP contribution in [-0.4, -0.2) is 25.6 Å². The van der Waals surface area contributed by atoms with Crippen LogP contribution in [0.2, 0.25) is 0 Å². The molecule has 0 aliphatic heterocycles. The highest BCUT2D eigenvalue weighted by Gasteiger charge is 2.26. The lowest BCUT2D eigenvalue weighted by Crippen LogP contribution is -2.46. The lowest BCUT2D eigenvalue weighted by Gasteiger charge is -2.20. The number of hydrogen-bond donors (Lipinski definition) is 2. The summed E-state index contributed by atoms with van der Waals surface area (Å²) in [5.74, 6) is -0.817. The number of carbonyl (C=O) groups excluding carboxylic acids is 1. The van der Waals surface area contributed by atoms with Crippen LogP contribution in [0.3, 0.4) is 0 Å². The van der Waals surface area contributed by atoms with Gasteiger partial charge in [-0.25, -0.2) is 8.42 Å². The number of hydrogen-bond acceptors (Lipinski definition) is 4. The number of amides is 1. The zero-order valence-electron chi connectivity index (χ0n) is 14.6. The Morgan fingerprint density at radius 2 is 1.70 bits per heavy atom. The van der Waals surface area contributed by atoms with Gasteiger partial charge < -0.3 is 5.73 Å². The molecule has 0 bridgehead atoms. The summed E-state index contributed by atoms with van der Waals surface area (Å²) < 4.78 is 26.0. The molecular formula is C17H28N2O3S. The largest absolute Gasteiger partial charge is 0.325 e. The summed E-state index contributed by atoms with van der Waals surface area (Å²) in [7, 11) is -3.74. The predicted molar refractivity (Wildman–Crippen MR) is 93.6 cm³/mol. The van der Waals surface area contributed by atoms with Crippen molar-refractivity contribution in [2.24, 2.45) is 11.7 Å². The molecular weight excluding hydrogens is 312 g/mol. The molecule has 3 N–H and O–H groups in total. The zero-order chi connectivity index (χ0) is 17.8. The average molecular weight is 340 g/mol. The van der Waals surface area contributed by atoms with Crippen molar-refractivity contribution in [2.45, 2.75) is 52.5 Å². The minimum Gasteiger partial charge on any atom is -0.325 e. The van der Waals surface area contributed by atoms with Crippen molar-refractivity contribution < 1.29 is 13.2 Å². The monoisotopic (exact) mass is 340 g/mol. The summed E-state index contributed by atoms with van der Waals surface area (Å²) in [5, 5.41) is 0. The minimum absolute atomic E-state index is 0.300. The van der Waals surface area contributed by atoms with Crippen LogP contribution in [-0.2, 0) is 21.2 Å². The van der Waals surface area contributed by atoms with Crippen molar-refractivity contribution >= 4 is 15.9 Å². The second-order valence-corrected chi connectivity index (χ2v) is 9.00. The van der Waals surface area contributed by atoms with E-state index in [2.05, 4.69) is 18.6 Å². The summed E-state index contributed by atoms with van der Waals surface area (Å²) >= 11 is 0. The van der Waals surface area contributed by atoms with Crippen LogP contribution >= 0.6 is 0 Å². The van der Waals surface area contributed by atoms with Gasteiger partial charge in [0, 0.05) is 5.54 Å². The summed E-state index contributed by atoms with van der Waals surface area (Å²) in [4.78, 5) is 12.2. The molecule has 5 nitrogen and oxygen atoms in total. The van der Waals surface area contributed by atoms with Crippen molar-refractivity contribution in [2.75, 3.05) is 5.75 Å². The van der Waals surface area contributed by atoms with Gasteiger partial charge in [-0.05, 0) is 44.2 Å². The van der Waals surface area contributed by atoms with Gasteiger partial charge in [0.1, 0.15) is 0 Å². The number of sulfonamides is 1. The molecule has 0 fully saturated rings. The maximum Gasteiger partial charge on any atom is 0.240 e. The first kappa shape index (κ1) is 19.6. The Hall–Kier alpha value is -1.40. The Morgan fingerprint density at radius 3 is 2.13 bits per heavy atom. The molecule has 0 saturated carbocycles. The van der Waals surface area contributed by atoms with Crippen LogP contribution in [0.15, 0.2) is 24.3 Å². The lowest BCUT2D eigenvalue weighted by atomic mass is 9.96. The van der Waals surface area contributed by atoms with E-state index in [-0.39, 0.29) is 5.75 Å². The number of nitrogens with one attached hydrogen (secondary N) is 1. The van der Waals surface area contributed by atoms with Gasteiger partial charge in [-0.1, -0.05) is 38.1 Å². The molecule has 0 saturated heterocycles. The molecule has 1 aromatic rings. The number of carbonyl (C=O) groups is 1. The summed E-state index contributed by atoms with van der Waals surface area (Å²) in [5.41, 5.74) is 6.81. The zero-order valence-corrected chi connectivity index (χ0v) is 15.4. The molecule has 0 aliphatic rings. The minimum atomic E-state index is -3.74. The first-order valence-corrected chi connectivity index (χ1v) is 9.47. The van der Waals surface area contributed by atoms with E-state index in [4.69, 9.17) is 5.73 Å². The van der Waals surface area contributed by atoms with E-state index < -0.39 is 27.4 Å². The second-order valence-electron chi connectivity index (χ2n) is 7.28. The lowest BCUT2D eigenvalue weighted by molar-refractivity contribution is -0.120. The topological polar surface area (TPSA) is 89.3 Å². The number of nitrogens with two attached hydrogens (primary N) is 1. The van der Waals surface area contributed by atoms with Crippen LogP contribution in [0.1, 0.15) is 51.7 Å². The molecule has 1 aromatic carbocycles. The Balaban J connectivity index is 2.77. The highest BCUT2D eigenvalue weighted by Crippen LogP contribution is 2.18. The molecule has 1 rings (SSSR count). The highest BCUT2D eigenvalue weighted by atomic mass is 32.2. The smallest absolute Gasteiger partial charge is 0.240 e. The Labute approximate surface area is 139 Å². The molecule has 6 heteroatoms. The van der Waals surface area contributed by atoms with Crippen molar-refractivity contribution in [3.8, 4) is 0 Å². The van der Waals surface area contributed by atoms with E-state index in [1.54, 1.807) is 20.8 Å². The van der Waals surface area contributed by atoms with Gasteiger partial charge in [-0.3, -0.25) is 9.52 Å². The predicted octanol–water partition coefficient (Wildman–Crippen LogP) is 2.17. The van der Waals surface area contributed by atoms with Gasteiger partial charge in [0.25, 0.3) is 0 Å². The van der Waals surface area contributed by atoms with Crippen molar-refractivity contribution in [1.82, 2.24) is 4.72 Å². The van der Waals surface area contributed by atoms with Gasteiger partial charge in [-0.15, -0.1) is 0 Å². The molecule has 0 spiro atoms. The molecule has 0 heterocycles. The number of rotatable bonds is 7. The standard InChI is InChI=1S/C17H28N2O3S/c1-12(2)10-14-6-8-15(9-7-14)13(3)16(20)19-23(21,22)11-17(4,5)18/h6-9,12-13H,10-11,18H2,1-5H3,(H,19,20). The fourth-order valence-corrected chi connectivity index (χ4v) is 3.87. The summed E-state index contributed by atoms with van der Waals surface area (Å²) in [6.45, 7) is 9.19. The third-order valence-corrected chi connectivity index (χ3v) is 4.97. The molecule has 1 unspecified atom stereocenters. The maximum atomic E-state index is 12.2. The van der Waals surface area contributed by atoms with Crippen LogP contribution in [0.4, 0.5) is 0 Å². The van der Waals surface area contributed by atoms with Gasteiger partial charge in [-0.2, -0.15) is 0 Å². The fourth-order valence-electron chi connectivity index (χ4n) is 2.33. The van der Waals surface area contributed by atoms with E-state index in [1.165, 1.54) is 5.56 Å². The van der Waals surface area contributed by atoms with E-state index in [1.807, 2.05) is 24.3 Å². The Kier molecular flexibility index (Phi) is 6.36. The highest BCUT2D eigenvalue weighted by molar-refractivity contribution is 7.90. The van der Waals surface area contributed by atoms with Crippen LogP contribution in [0.25, 0.3) is 0 Å². The maximum absolute atomic E-state index is 12.2. The number of benzene rings is 1. The average Bonchev–Trinajstić information content (AvgIpc) is 2.34. The van der Waals surface area contributed by atoms with E-state index in [0.717, 1.165) is 12.0 Å². The molecule has 23 heavy (non-hydrogen) atoms. The molecule has 1 amide bonds. The van der Waals surface area contributed by atoms with Crippen molar-refractivity contribution in [3.05, 3.63) is 35.4 Å². The second kappa shape index (κ2) is 7.45. The Morgan fingerprint density at radius 1 is 1.17 bits per heavy atom. The van der Waals surface area contributed by atoms with E-state index in [0.29, 0.717) is 5.92 Å². The van der Waals surface area contributed by atoms with Gasteiger partial charge in [0.2, 0.25) is 15.9 Å². The van der Waals surface area contributed by atoms with Crippen molar-refractivity contribution in [3.63, 3.8) is 0 Å². The Bertz CT molecular complexity index is 629. The van der Waals surface area contributed by atoms with Gasteiger partial charge in [0.15, 0.2) is 0 Å². The third kappa shape index (κ3) is 7.14. The van der Waals surface area contributed by atoms with Crippen LogP contribution in [0, 0.1) is 5.92 Å². The normalized spacial score (nSPS) is 13.9. The molecule has 0 aliphatic carbocycles. The van der Waals surface area contributed by atoms with Gasteiger partial charge in [0.05, 0.1) is 11.7 Å².